The highest BCUT2D eigenvalue weighted by atomic mass is 19.1. The molecule has 0 radical (unpaired) electrons. The molecule has 2 nitrogen and oxygen atoms in total. The molecule has 1 fully saturated rings. The molecule has 100 valence electrons. The van der Waals surface area contributed by atoms with Gasteiger partial charge in [0.2, 0.25) is 0 Å². The summed E-state index contributed by atoms with van der Waals surface area (Å²) in [5.41, 5.74) is 5.10. The minimum atomic E-state index is -0.225. The van der Waals surface area contributed by atoms with Gasteiger partial charge in [0.05, 0.1) is 11.6 Å². The van der Waals surface area contributed by atoms with Crippen molar-refractivity contribution in [2.45, 2.75) is 19.4 Å². The van der Waals surface area contributed by atoms with E-state index in [9.17, 15) is 4.39 Å². The van der Waals surface area contributed by atoms with Crippen molar-refractivity contribution in [1.82, 2.24) is 4.90 Å². The van der Waals surface area contributed by atoms with E-state index < -0.39 is 0 Å². The molecule has 1 saturated heterocycles. The highest BCUT2D eigenvalue weighted by Crippen LogP contribution is 2.46. The molecule has 2 heterocycles. The van der Waals surface area contributed by atoms with Crippen LogP contribution in [0.2, 0.25) is 0 Å². The van der Waals surface area contributed by atoms with Gasteiger partial charge in [0.15, 0.2) is 0 Å². The lowest BCUT2D eigenvalue weighted by Crippen LogP contribution is -2.12. The van der Waals surface area contributed by atoms with Crippen molar-refractivity contribution in [1.29, 1.82) is 5.26 Å². The number of hydrogen-bond acceptors (Lipinski definition) is 2. The fourth-order valence-electron chi connectivity index (χ4n) is 3.53. The maximum Gasteiger partial charge on any atom is 0.130 e. The standard InChI is InChI=1S/C17H15FN2/c1-10-4-12(6-14-15(10)8-20-9-17(14)20)13-5-11(7-19)2-3-16(13)18/h2-3,5-6,10,17H,4,8-9H2,1H3/t10?,17?,20-/m1/s1. The Kier molecular flexibility index (Phi) is 2.40. The normalized spacial score (nSPS) is 30.4. The maximum atomic E-state index is 14.1. The van der Waals surface area contributed by atoms with Crippen LogP contribution in [-0.2, 0) is 0 Å². The van der Waals surface area contributed by atoms with Crippen LogP contribution in [-0.4, -0.2) is 24.0 Å². The zero-order chi connectivity index (χ0) is 13.9. The van der Waals surface area contributed by atoms with Crippen molar-refractivity contribution in [2.75, 3.05) is 13.1 Å². The quantitative estimate of drug-likeness (QED) is 0.730. The lowest BCUT2D eigenvalue weighted by molar-refractivity contribution is 0.566. The van der Waals surface area contributed by atoms with Crippen molar-refractivity contribution in [3.63, 3.8) is 0 Å². The first-order valence-electron chi connectivity index (χ1n) is 7.05. The van der Waals surface area contributed by atoms with Gasteiger partial charge in [-0.25, -0.2) is 4.39 Å². The Balaban J connectivity index is 1.80. The average molecular weight is 266 g/mol. The number of fused-ring (bicyclic) bond motifs is 2. The van der Waals surface area contributed by atoms with E-state index in [1.807, 2.05) is 0 Å². The largest absolute Gasteiger partial charge is 0.289 e. The van der Waals surface area contributed by atoms with Crippen LogP contribution in [0.5, 0.6) is 0 Å². The van der Waals surface area contributed by atoms with Crippen LogP contribution in [0.1, 0.15) is 24.5 Å². The molecule has 1 aromatic carbocycles. The summed E-state index contributed by atoms with van der Waals surface area (Å²) < 4.78 is 14.1. The van der Waals surface area contributed by atoms with E-state index in [1.165, 1.54) is 23.3 Å². The minimum absolute atomic E-state index is 0.225. The summed E-state index contributed by atoms with van der Waals surface area (Å²) in [5, 5.41) is 8.99. The molecule has 0 aromatic heterocycles. The van der Waals surface area contributed by atoms with Crippen molar-refractivity contribution < 1.29 is 4.39 Å². The molecule has 3 heteroatoms. The van der Waals surface area contributed by atoms with E-state index in [1.54, 1.807) is 6.07 Å². The molecule has 2 unspecified atom stereocenters. The Hall–Kier alpha value is -1.92. The van der Waals surface area contributed by atoms with E-state index >= 15 is 0 Å². The van der Waals surface area contributed by atoms with Crippen LogP contribution >= 0.6 is 0 Å². The lowest BCUT2D eigenvalue weighted by atomic mass is 9.81. The monoisotopic (exact) mass is 266 g/mol. The summed E-state index contributed by atoms with van der Waals surface area (Å²) in [5.74, 6) is 0.250. The van der Waals surface area contributed by atoms with Gasteiger partial charge >= 0.3 is 0 Å². The molecular weight excluding hydrogens is 251 g/mol. The molecular formula is C17H15FN2. The molecule has 0 saturated carbocycles. The van der Waals surface area contributed by atoms with Gasteiger partial charge < -0.3 is 0 Å². The van der Waals surface area contributed by atoms with Gasteiger partial charge in [0.25, 0.3) is 0 Å². The molecule has 0 bridgehead atoms. The van der Waals surface area contributed by atoms with Gasteiger partial charge in [-0.3, -0.25) is 4.90 Å². The van der Waals surface area contributed by atoms with Crippen LogP contribution in [0.15, 0.2) is 35.4 Å². The number of nitrogens with zero attached hydrogens (tertiary/aromatic N) is 2. The number of rotatable bonds is 1. The molecule has 20 heavy (non-hydrogen) atoms. The summed E-state index contributed by atoms with van der Waals surface area (Å²) in [6, 6.07) is 7.29. The van der Waals surface area contributed by atoms with E-state index in [0.29, 0.717) is 23.1 Å². The maximum absolute atomic E-state index is 14.1. The molecule has 2 aliphatic heterocycles. The average Bonchev–Trinajstić information content (AvgIpc) is 3.13. The summed E-state index contributed by atoms with van der Waals surface area (Å²) in [7, 11) is 0. The summed E-state index contributed by atoms with van der Waals surface area (Å²) in [6.45, 7) is 4.46. The zero-order valence-electron chi connectivity index (χ0n) is 11.4. The summed E-state index contributed by atoms with van der Waals surface area (Å²) in [4.78, 5) is 2.45. The Morgan fingerprint density at radius 1 is 1.40 bits per heavy atom. The van der Waals surface area contributed by atoms with Gasteiger partial charge in [-0.2, -0.15) is 5.26 Å². The Morgan fingerprint density at radius 3 is 3.05 bits per heavy atom. The molecule has 1 aromatic rings. The predicted octanol–water partition coefficient (Wildman–Crippen LogP) is 3.11. The van der Waals surface area contributed by atoms with E-state index in [4.69, 9.17) is 5.26 Å². The SMILES string of the molecule is CC1CC(c2cc(C#N)ccc2F)=CC2=C1C[N@]1CC21. The van der Waals surface area contributed by atoms with Crippen LogP contribution in [0.4, 0.5) is 4.39 Å². The van der Waals surface area contributed by atoms with Gasteiger partial charge in [0.1, 0.15) is 5.82 Å². The Morgan fingerprint density at radius 2 is 2.25 bits per heavy atom. The van der Waals surface area contributed by atoms with Crippen LogP contribution < -0.4 is 0 Å². The molecule has 0 spiro atoms. The first kappa shape index (κ1) is 11.9. The first-order valence-corrected chi connectivity index (χ1v) is 7.05. The Bertz CT molecular complexity index is 708. The molecule has 0 N–H and O–H groups in total. The smallest absolute Gasteiger partial charge is 0.130 e. The van der Waals surface area contributed by atoms with Gasteiger partial charge in [-0.15, -0.1) is 0 Å². The molecule has 3 atom stereocenters. The fourth-order valence-corrected chi connectivity index (χ4v) is 3.53. The number of benzene rings is 1. The Labute approximate surface area is 117 Å². The van der Waals surface area contributed by atoms with Crippen LogP contribution in [0.25, 0.3) is 5.57 Å². The topological polar surface area (TPSA) is 26.8 Å². The van der Waals surface area contributed by atoms with Crippen molar-refractivity contribution in [3.05, 3.63) is 52.4 Å². The first-order chi connectivity index (χ1) is 9.67. The highest BCUT2D eigenvalue weighted by molar-refractivity contribution is 5.73. The zero-order valence-corrected chi connectivity index (χ0v) is 11.4. The second-order valence-corrected chi connectivity index (χ2v) is 6.01. The van der Waals surface area contributed by atoms with Crippen molar-refractivity contribution >= 4 is 5.57 Å². The van der Waals surface area contributed by atoms with Crippen molar-refractivity contribution in [3.8, 4) is 6.07 Å². The third kappa shape index (κ3) is 1.65. The van der Waals surface area contributed by atoms with E-state index in [0.717, 1.165) is 25.1 Å². The number of halogens is 1. The third-order valence-corrected chi connectivity index (χ3v) is 4.71. The van der Waals surface area contributed by atoms with E-state index in [2.05, 4.69) is 24.0 Å². The summed E-state index contributed by atoms with van der Waals surface area (Å²) >= 11 is 0. The van der Waals surface area contributed by atoms with Crippen molar-refractivity contribution in [2.24, 2.45) is 5.92 Å². The molecule has 3 aliphatic rings. The number of nitriles is 1. The number of allylic oxidation sites excluding steroid dienone is 1. The fraction of sp³-hybridized carbons (Fsp3) is 0.353. The van der Waals surface area contributed by atoms with E-state index in [-0.39, 0.29) is 5.82 Å². The molecule has 0 amide bonds. The predicted molar refractivity (Wildman–Crippen MR) is 75.3 cm³/mol. The number of hydrogen-bond donors (Lipinski definition) is 0. The lowest BCUT2D eigenvalue weighted by Gasteiger charge is -2.23. The van der Waals surface area contributed by atoms with Gasteiger partial charge in [-0.05, 0) is 47.3 Å². The van der Waals surface area contributed by atoms with Gasteiger partial charge in [0, 0.05) is 24.7 Å². The third-order valence-electron chi connectivity index (χ3n) is 4.71. The van der Waals surface area contributed by atoms with Crippen LogP contribution in [0.3, 0.4) is 0 Å². The minimum Gasteiger partial charge on any atom is -0.289 e. The second-order valence-electron chi connectivity index (χ2n) is 6.01. The van der Waals surface area contributed by atoms with Gasteiger partial charge in [-0.1, -0.05) is 13.0 Å². The molecule has 4 rings (SSSR count). The molecule has 1 aliphatic carbocycles. The highest BCUT2D eigenvalue weighted by Gasteiger charge is 2.45. The van der Waals surface area contributed by atoms with Crippen LogP contribution in [0, 0.1) is 23.1 Å². The second kappa shape index (κ2) is 4.04. The summed E-state index contributed by atoms with van der Waals surface area (Å²) in [6.07, 6.45) is 3.04.